The molecule has 0 radical (unpaired) electrons. The molecule has 2 unspecified atom stereocenters. The van der Waals surface area contributed by atoms with Crippen molar-refractivity contribution in [2.75, 3.05) is 39.6 Å². The van der Waals surface area contributed by atoms with E-state index in [0.29, 0.717) is 31.6 Å². The lowest BCUT2D eigenvalue weighted by atomic mass is 10.0. The Morgan fingerprint density at radius 1 is 0.314 bits per heavy atom. The zero-order chi connectivity index (χ0) is 63.6. The molecule has 0 saturated heterocycles. The number of esters is 4. The largest absolute Gasteiger partial charge is 0.472 e. The number of hydrogen-bond acceptors (Lipinski definition) is 15. The normalized spacial score (nSPS) is 14.2. The Morgan fingerprint density at radius 2 is 0.535 bits per heavy atom. The predicted molar refractivity (Wildman–Crippen MR) is 345 cm³/mol. The molecule has 0 aliphatic heterocycles. The van der Waals surface area contributed by atoms with E-state index in [0.717, 1.165) is 95.8 Å². The third-order valence-corrected chi connectivity index (χ3v) is 17.4. The first-order valence-electron chi connectivity index (χ1n) is 35.0. The van der Waals surface area contributed by atoms with Gasteiger partial charge >= 0.3 is 39.5 Å². The molecule has 0 amide bonds. The molecular formula is C67H130O17P2. The maximum Gasteiger partial charge on any atom is 0.472 e. The highest BCUT2D eigenvalue weighted by Crippen LogP contribution is 2.45. The fourth-order valence-electron chi connectivity index (χ4n) is 10.1. The van der Waals surface area contributed by atoms with Crippen LogP contribution in [0.15, 0.2) is 0 Å². The van der Waals surface area contributed by atoms with Crippen molar-refractivity contribution < 1.29 is 80.2 Å². The average molecular weight is 1270 g/mol. The number of phosphoric acid groups is 2. The number of unbranched alkanes of at least 4 members (excludes halogenated alkanes) is 36. The van der Waals surface area contributed by atoms with Crippen LogP contribution in [0.1, 0.15) is 337 Å². The molecule has 0 aromatic carbocycles. The van der Waals surface area contributed by atoms with Crippen molar-refractivity contribution in [3.05, 3.63) is 0 Å². The number of carbonyl (C=O) groups is 4. The summed E-state index contributed by atoms with van der Waals surface area (Å²) >= 11 is 0. The average Bonchev–Trinajstić information content (AvgIpc) is 3.51. The minimum atomic E-state index is -4.95. The van der Waals surface area contributed by atoms with Gasteiger partial charge in [-0.2, -0.15) is 0 Å². The van der Waals surface area contributed by atoms with E-state index >= 15 is 0 Å². The molecule has 0 aromatic rings. The summed E-state index contributed by atoms with van der Waals surface area (Å²) < 4.78 is 68.1. The van der Waals surface area contributed by atoms with Crippen LogP contribution in [-0.4, -0.2) is 96.7 Å². The second kappa shape index (κ2) is 59.4. The van der Waals surface area contributed by atoms with Gasteiger partial charge in [0.05, 0.1) is 26.4 Å². The number of hydrogen-bond donors (Lipinski definition) is 3. The van der Waals surface area contributed by atoms with Crippen molar-refractivity contribution in [3.63, 3.8) is 0 Å². The summed E-state index contributed by atoms with van der Waals surface area (Å²) in [7, 11) is -9.89. The minimum absolute atomic E-state index is 0.103. The predicted octanol–water partition coefficient (Wildman–Crippen LogP) is 18.8. The SMILES string of the molecule is CCCCCCCCCCCCCCCCCC(=O)O[C@H](COC(=O)CCCCCCCCCCCC(C)C)COP(=O)(O)OC[C@@H](O)COP(=O)(O)OC[C@@H](COC(=O)CCCCCCCCCCC)OC(=O)CCCCCCCCCC(C)C. The quantitative estimate of drug-likeness (QED) is 0.0222. The zero-order valence-electron chi connectivity index (χ0n) is 55.6. The Morgan fingerprint density at radius 3 is 0.791 bits per heavy atom. The molecule has 0 aliphatic carbocycles. The lowest BCUT2D eigenvalue weighted by Crippen LogP contribution is -2.30. The lowest BCUT2D eigenvalue weighted by molar-refractivity contribution is -0.161. The Balaban J connectivity index is 5.23. The van der Waals surface area contributed by atoms with E-state index in [2.05, 4.69) is 41.5 Å². The van der Waals surface area contributed by atoms with Gasteiger partial charge in [0.15, 0.2) is 12.2 Å². The first-order valence-corrected chi connectivity index (χ1v) is 38.0. The molecular weight excluding hydrogens is 1140 g/mol. The van der Waals surface area contributed by atoms with Crippen LogP contribution in [0.25, 0.3) is 0 Å². The maximum atomic E-state index is 13.0. The molecule has 86 heavy (non-hydrogen) atoms. The van der Waals surface area contributed by atoms with Gasteiger partial charge in [-0.15, -0.1) is 0 Å². The molecule has 0 bridgehead atoms. The summed E-state index contributed by atoms with van der Waals surface area (Å²) in [5, 5.41) is 10.6. The Kier molecular flexibility index (Phi) is 58.0. The van der Waals surface area contributed by atoms with Gasteiger partial charge in [0.2, 0.25) is 0 Å². The second-order valence-corrected chi connectivity index (χ2v) is 28.1. The second-order valence-electron chi connectivity index (χ2n) is 25.2. The van der Waals surface area contributed by atoms with E-state index in [9.17, 15) is 43.2 Å². The number of ether oxygens (including phenoxy) is 4. The van der Waals surface area contributed by atoms with Crippen LogP contribution in [-0.2, 0) is 65.4 Å². The molecule has 0 fully saturated rings. The summed E-state index contributed by atoms with van der Waals surface area (Å²) in [4.78, 5) is 72.3. The van der Waals surface area contributed by atoms with E-state index < -0.39 is 97.5 Å². The van der Waals surface area contributed by atoms with Crippen molar-refractivity contribution in [2.24, 2.45) is 11.8 Å². The van der Waals surface area contributed by atoms with Gasteiger partial charge in [0.1, 0.15) is 19.3 Å². The van der Waals surface area contributed by atoms with E-state index in [4.69, 9.17) is 37.0 Å². The smallest absolute Gasteiger partial charge is 0.462 e. The van der Waals surface area contributed by atoms with E-state index in [1.807, 2.05) is 0 Å². The van der Waals surface area contributed by atoms with Gasteiger partial charge < -0.3 is 33.8 Å². The molecule has 0 heterocycles. The Hall–Kier alpha value is -1.94. The van der Waals surface area contributed by atoms with Crippen LogP contribution < -0.4 is 0 Å². The van der Waals surface area contributed by atoms with E-state index in [1.54, 1.807) is 0 Å². The van der Waals surface area contributed by atoms with Gasteiger partial charge in [-0.3, -0.25) is 37.3 Å². The van der Waals surface area contributed by atoms with Crippen LogP contribution in [0, 0.1) is 11.8 Å². The van der Waals surface area contributed by atoms with E-state index in [-0.39, 0.29) is 25.7 Å². The first-order chi connectivity index (χ1) is 41.4. The Bertz CT molecular complexity index is 1680. The number of carbonyl (C=O) groups excluding carboxylic acids is 4. The minimum Gasteiger partial charge on any atom is -0.462 e. The molecule has 3 N–H and O–H groups in total. The zero-order valence-corrected chi connectivity index (χ0v) is 57.4. The number of rotatable bonds is 66. The fourth-order valence-corrected chi connectivity index (χ4v) is 11.6. The highest BCUT2D eigenvalue weighted by molar-refractivity contribution is 7.47. The summed E-state index contributed by atoms with van der Waals surface area (Å²) in [5.74, 6) is -0.691. The summed E-state index contributed by atoms with van der Waals surface area (Å²) in [6.45, 7) is 9.43. The third kappa shape index (κ3) is 60.9. The molecule has 17 nitrogen and oxygen atoms in total. The van der Waals surface area contributed by atoms with Crippen LogP contribution >= 0.6 is 15.6 Å². The standard InChI is InChI=1S/C67H130O17P2/c1-7-9-11-13-15-17-18-19-20-21-22-26-33-39-45-51-66(71)83-62(55-78-65(70)50-44-38-32-27-23-25-29-35-41-47-59(3)4)57-81-85(73,74)79-53-61(68)54-80-86(75,76)82-58-63(56-77-64(69)49-43-37-31-24-16-14-12-10-8-2)84-67(72)52-46-40-34-28-30-36-42-48-60(5)6/h59-63,68H,7-58H2,1-6H3,(H,73,74)(H,75,76)/t61-,62-,63-/m1/s1. The highest BCUT2D eigenvalue weighted by Gasteiger charge is 2.30. The van der Waals surface area contributed by atoms with Gasteiger partial charge in [-0.1, -0.05) is 286 Å². The van der Waals surface area contributed by atoms with Crippen molar-refractivity contribution >= 4 is 39.5 Å². The molecule has 0 aromatic heterocycles. The lowest BCUT2D eigenvalue weighted by Gasteiger charge is -2.21. The monoisotopic (exact) mass is 1270 g/mol. The summed E-state index contributed by atoms with van der Waals surface area (Å²) in [6.07, 6.45) is 43.1. The number of aliphatic hydroxyl groups is 1. The number of phosphoric ester groups is 2. The fraction of sp³-hybridized carbons (Fsp3) is 0.940. The van der Waals surface area contributed by atoms with Crippen molar-refractivity contribution in [2.45, 2.75) is 355 Å². The van der Waals surface area contributed by atoms with Gasteiger partial charge in [-0.05, 0) is 37.5 Å². The Labute approximate surface area is 524 Å². The summed E-state index contributed by atoms with van der Waals surface area (Å²) in [6, 6.07) is 0. The number of aliphatic hydroxyl groups excluding tert-OH is 1. The highest BCUT2D eigenvalue weighted by atomic mass is 31.2. The van der Waals surface area contributed by atoms with Crippen molar-refractivity contribution in [1.82, 2.24) is 0 Å². The van der Waals surface area contributed by atoms with Crippen molar-refractivity contribution in [1.29, 1.82) is 0 Å². The molecule has 0 rings (SSSR count). The molecule has 510 valence electrons. The van der Waals surface area contributed by atoms with Crippen molar-refractivity contribution in [3.8, 4) is 0 Å². The van der Waals surface area contributed by atoms with Crippen LogP contribution in [0.5, 0.6) is 0 Å². The molecule has 0 saturated carbocycles. The van der Waals surface area contributed by atoms with Crippen LogP contribution in [0.4, 0.5) is 0 Å². The van der Waals surface area contributed by atoms with Crippen LogP contribution in [0.2, 0.25) is 0 Å². The topological polar surface area (TPSA) is 237 Å². The van der Waals surface area contributed by atoms with Gasteiger partial charge in [0, 0.05) is 25.7 Å². The first kappa shape index (κ1) is 84.1. The van der Waals surface area contributed by atoms with Crippen LogP contribution in [0.3, 0.4) is 0 Å². The molecule has 0 aliphatic rings. The summed E-state index contributed by atoms with van der Waals surface area (Å²) in [5.41, 5.74) is 0. The third-order valence-electron chi connectivity index (χ3n) is 15.5. The van der Waals surface area contributed by atoms with E-state index in [1.165, 1.54) is 154 Å². The molecule has 5 atom stereocenters. The molecule has 19 heteroatoms. The van der Waals surface area contributed by atoms with Gasteiger partial charge in [-0.25, -0.2) is 9.13 Å². The van der Waals surface area contributed by atoms with Gasteiger partial charge in [0.25, 0.3) is 0 Å². The molecule has 0 spiro atoms. The maximum absolute atomic E-state index is 13.0.